The number of hydrogen-bond acceptors (Lipinski definition) is 5. The van der Waals surface area contributed by atoms with E-state index in [0.717, 1.165) is 23.8 Å². The van der Waals surface area contributed by atoms with Gasteiger partial charge in [0.25, 0.3) is 0 Å². The molecule has 0 saturated carbocycles. The first-order valence-electron chi connectivity index (χ1n) is 5.96. The quantitative estimate of drug-likeness (QED) is 0.777. The van der Waals surface area contributed by atoms with Gasteiger partial charge in [0, 0.05) is 18.0 Å². The Morgan fingerprint density at radius 1 is 1.65 bits per heavy atom. The molecule has 1 aliphatic rings. The standard InChI is InChI=1S/C12H18N2O2S/c1-9-8-17-12(13-9)14-6-4-3-5-10(14)7-11(15)16-2/h8,10H,3-7H2,1-2H3. The van der Waals surface area contributed by atoms with Crippen molar-refractivity contribution in [2.45, 2.75) is 38.6 Å². The molecule has 0 bridgehead atoms. The summed E-state index contributed by atoms with van der Waals surface area (Å²) in [6, 6.07) is 0.252. The van der Waals surface area contributed by atoms with E-state index in [1.54, 1.807) is 11.3 Å². The second-order valence-corrected chi connectivity index (χ2v) is 5.23. The van der Waals surface area contributed by atoms with Crippen LogP contribution in [0.1, 0.15) is 31.4 Å². The monoisotopic (exact) mass is 254 g/mol. The Morgan fingerprint density at radius 3 is 3.12 bits per heavy atom. The fourth-order valence-corrected chi connectivity index (χ4v) is 3.11. The summed E-state index contributed by atoms with van der Waals surface area (Å²) in [4.78, 5) is 18.2. The Kier molecular flexibility index (Phi) is 3.99. The zero-order valence-corrected chi connectivity index (χ0v) is 11.1. The molecule has 0 radical (unpaired) electrons. The maximum Gasteiger partial charge on any atom is 0.307 e. The van der Waals surface area contributed by atoms with E-state index in [1.165, 1.54) is 20.0 Å². The molecule has 0 aliphatic carbocycles. The van der Waals surface area contributed by atoms with E-state index in [2.05, 4.69) is 15.3 Å². The van der Waals surface area contributed by atoms with Crippen molar-refractivity contribution in [3.63, 3.8) is 0 Å². The molecule has 4 nitrogen and oxygen atoms in total. The summed E-state index contributed by atoms with van der Waals surface area (Å²) in [7, 11) is 1.45. The number of thiazole rings is 1. The highest BCUT2D eigenvalue weighted by atomic mass is 32.1. The minimum Gasteiger partial charge on any atom is -0.469 e. The molecule has 1 aromatic rings. The lowest BCUT2D eigenvalue weighted by Gasteiger charge is -2.34. The zero-order chi connectivity index (χ0) is 12.3. The van der Waals surface area contributed by atoms with Gasteiger partial charge in [-0.25, -0.2) is 4.98 Å². The molecule has 1 aliphatic heterocycles. The van der Waals surface area contributed by atoms with E-state index in [-0.39, 0.29) is 12.0 Å². The van der Waals surface area contributed by atoms with E-state index in [0.29, 0.717) is 6.42 Å². The van der Waals surface area contributed by atoms with Gasteiger partial charge in [-0.15, -0.1) is 11.3 Å². The first kappa shape index (κ1) is 12.4. The molecule has 0 amide bonds. The number of anilines is 1. The lowest BCUT2D eigenvalue weighted by atomic mass is 10.00. The molecule has 94 valence electrons. The van der Waals surface area contributed by atoms with Gasteiger partial charge in [-0.1, -0.05) is 0 Å². The first-order chi connectivity index (χ1) is 8.20. The van der Waals surface area contributed by atoms with Gasteiger partial charge in [-0.05, 0) is 26.2 Å². The third-order valence-corrected chi connectivity index (χ3v) is 4.11. The lowest BCUT2D eigenvalue weighted by molar-refractivity contribution is -0.141. The van der Waals surface area contributed by atoms with E-state index < -0.39 is 0 Å². The average molecular weight is 254 g/mol. The van der Waals surface area contributed by atoms with Crippen molar-refractivity contribution >= 4 is 22.4 Å². The van der Waals surface area contributed by atoms with Gasteiger partial charge in [-0.2, -0.15) is 0 Å². The minimum absolute atomic E-state index is 0.129. The molecule has 2 heterocycles. The highest BCUT2D eigenvalue weighted by Gasteiger charge is 2.26. The molecule has 1 fully saturated rings. The van der Waals surface area contributed by atoms with Gasteiger partial charge < -0.3 is 9.64 Å². The number of aryl methyl sites for hydroxylation is 1. The number of nitrogens with zero attached hydrogens (tertiary/aromatic N) is 2. The van der Waals surface area contributed by atoms with Crippen LogP contribution in [0.2, 0.25) is 0 Å². The highest BCUT2D eigenvalue weighted by molar-refractivity contribution is 7.13. The van der Waals surface area contributed by atoms with E-state index in [9.17, 15) is 4.79 Å². The number of hydrogen-bond donors (Lipinski definition) is 0. The number of piperidine rings is 1. The molecular formula is C12H18N2O2S. The number of ether oxygens (including phenoxy) is 1. The number of rotatable bonds is 3. The summed E-state index contributed by atoms with van der Waals surface area (Å²) in [5.74, 6) is -0.129. The number of aromatic nitrogens is 1. The summed E-state index contributed by atoms with van der Waals surface area (Å²) >= 11 is 1.66. The van der Waals surface area contributed by atoms with Crippen LogP contribution < -0.4 is 4.90 Å². The molecule has 0 N–H and O–H groups in total. The van der Waals surface area contributed by atoms with E-state index in [4.69, 9.17) is 4.74 Å². The van der Waals surface area contributed by atoms with Gasteiger partial charge in [0.05, 0.1) is 19.2 Å². The number of carbonyl (C=O) groups excluding carboxylic acids is 1. The largest absolute Gasteiger partial charge is 0.469 e. The Morgan fingerprint density at radius 2 is 2.47 bits per heavy atom. The van der Waals surface area contributed by atoms with Gasteiger partial charge in [0.2, 0.25) is 0 Å². The zero-order valence-electron chi connectivity index (χ0n) is 10.3. The molecular weight excluding hydrogens is 236 g/mol. The van der Waals surface area contributed by atoms with Gasteiger partial charge in [0.15, 0.2) is 5.13 Å². The molecule has 5 heteroatoms. The number of methoxy groups -OCH3 is 1. The molecule has 17 heavy (non-hydrogen) atoms. The van der Waals surface area contributed by atoms with Crippen LogP contribution in [0.4, 0.5) is 5.13 Å². The summed E-state index contributed by atoms with van der Waals surface area (Å²) in [6.07, 6.45) is 3.88. The second-order valence-electron chi connectivity index (χ2n) is 4.39. The molecule has 0 aromatic carbocycles. The maximum atomic E-state index is 11.4. The van der Waals surface area contributed by atoms with Crippen molar-refractivity contribution in [2.24, 2.45) is 0 Å². The van der Waals surface area contributed by atoms with Crippen LogP contribution in [0.3, 0.4) is 0 Å². The Bertz CT molecular complexity index is 392. The van der Waals surface area contributed by atoms with Crippen molar-refractivity contribution in [3.8, 4) is 0 Å². The van der Waals surface area contributed by atoms with Crippen LogP contribution in [-0.2, 0) is 9.53 Å². The second kappa shape index (κ2) is 5.49. The van der Waals surface area contributed by atoms with Crippen LogP contribution in [0, 0.1) is 6.92 Å². The molecule has 1 unspecified atom stereocenters. The number of esters is 1. The van der Waals surface area contributed by atoms with Crippen molar-refractivity contribution in [1.82, 2.24) is 4.98 Å². The van der Waals surface area contributed by atoms with Crippen LogP contribution in [-0.4, -0.2) is 30.6 Å². The Labute approximate surface area is 106 Å². The fourth-order valence-electron chi connectivity index (χ4n) is 2.21. The number of carbonyl (C=O) groups is 1. The predicted octanol–water partition coefficient (Wildman–Crippen LogP) is 2.37. The molecule has 1 saturated heterocycles. The maximum absolute atomic E-state index is 11.4. The summed E-state index contributed by atoms with van der Waals surface area (Å²) in [5, 5.41) is 3.09. The highest BCUT2D eigenvalue weighted by Crippen LogP contribution is 2.29. The normalized spacial score (nSPS) is 20.4. The van der Waals surface area contributed by atoms with Crippen LogP contribution in [0.25, 0.3) is 0 Å². The average Bonchev–Trinajstić information content (AvgIpc) is 2.76. The van der Waals surface area contributed by atoms with Crippen molar-refractivity contribution in [2.75, 3.05) is 18.6 Å². The lowest BCUT2D eigenvalue weighted by Crippen LogP contribution is -2.41. The minimum atomic E-state index is -0.129. The topological polar surface area (TPSA) is 42.4 Å². The third-order valence-electron chi connectivity index (χ3n) is 3.11. The van der Waals surface area contributed by atoms with E-state index >= 15 is 0 Å². The molecule has 2 rings (SSSR count). The van der Waals surface area contributed by atoms with Crippen molar-refractivity contribution in [1.29, 1.82) is 0 Å². The van der Waals surface area contributed by atoms with Crippen molar-refractivity contribution < 1.29 is 9.53 Å². The summed E-state index contributed by atoms with van der Waals surface area (Å²) in [6.45, 7) is 2.99. The summed E-state index contributed by atoms with van der Waals surface area (Å²) < 4.78 is 4.76. The SMILES string of the molecule is COC(=O)CC1CCCCN1c1nc(C)cs1. The van der Waals surface area contributed by atoms with Crippen LogP contribution >= 0.6 is 11.3 Å². The molecule has 1 atom stereocenters. The van der Waals surface area contributed by atoms with Gasteiger partial charge in [0.1, 0.15) is 0 Å². The summed E-state index contributed by atoms with van der Waals surface area (Å²) in [5.41, 5.74) is 1.05. The Hall–Kier alpha value is -1.10. The first-order valence-corrected chi connectivity index (χ1v) is 6.84. The third kappa shape index (κ3) is 2.97. The van der Waals surface area contributed by atoms with E-state index in [1.807, 2.05) is 6.92 Å². The Balaban J connectivity index is 2.09. The van der Waals surface area contributed by atoms with Crippen LogP contribution in [0.5, 0.6) is 0 Å². The van der Waals surface area contributed by atoms with Crippen LogP contribution in [0.15, 0.2) is 5.38 Å². The smallest absolute Gasteiger partial charge is 0.307 e. The van der Waals surface area contributed by atoms with Gasteiger partial charge >= 0.3 is 5.97 Å². The van der Waals surface area contributed by atoms with Gasteiger partial charge in [-0.3, -0.25) is 4.79 Å². The fraction of sp³-hybridized carbons (Fsp3) is 0.667. The molecule has 0 spiro atoms. The predicted molar refractivity (Wildman–Crippen MR) is 68.5 cm³/mol. The molecule has 1 aromatic heterocycles. The van der Waals surface area contributed by atoms with Crippen molar-refractivity contribution in [3.05, 3.63) is 11.1 Å².